The summed E-state index contributed by atoms with van der Waals surface area (Å²) in [5.74, 6) is 0.311. The number of aromatic nitrogens is 1. The predicted octanol–water partition coefficient (Wildman–Crippen LogP) is 1.31. The lowest BCUT2D eigenvalue weighted by atomic mass is 10.1. The molecule has 1 unspecified atom stereocenters. The van der Waals surface area contributed by atoms with Gasteiger partial charge in [0.25, 0.3) is 0 Å². The maximum atomic E-state index is 13.0. The van der Waals surface area contributed by atoms with Crippen molar-refractivity contribution in [1.82, 2.24) is 10.4 Å². The molecule has 0 aliphatic rings. The Kier molecular flexibility index (Phi) is 6.97. The van der Waals surface area contributed by atoms with Crippen LogP contribution in [0, 0.1) is 11.3 Å². The van der Waals surface area contributed by atoms with E-state index in [0.717, 1.165) is 6.20 Å². The van der Waals surface area contributed by atoms with E-state index in [4.69, 9.17) is 16.7 Å². The molecule has 1 aromatic rings. The molecule has 0 radical (unpaired) electrons. The Morgan fingerprint density at radius 3 is 2.62 bits per heavy atom. The fourth-order valence-electron chi connectivity index (χ4n) is 1.71. The smallest absolute Gasteiger partial charge is 0.400 e. The molecular weight excluding hydrogens is 325 g/mol. The SMILES string of the molecule is CNN(/C=C(/N)[C@H](C)N)c1ccc(C(OCC#N)C(F)(F)F)cn1. The molecule has 2 atom stereocenters. The van der Waals surface area contributed by atoms with E-state index in [1.165, 1.54) is 29.4 Å². The molecule has 0 saturated heterocycles. The molecular formula is C14H19F3N6O. The molecule has 0 amide bonds. The van der Waals surface area contributed by atoms with E-state index < -0.39 is 24.9 Å². The van der Waals surface area contributed by atoms with Crippen LogP contribution >= 0.6 is 0 Å². The van der Waals surface area contributed by atoms with E-state index in [1.807, 2.05) is 0 Å². The Bertz CT molecular complexity index is 594. The second-order valence-corrected chi connectivity index (χ2v) is 4.85. The molecule has 5 N–H and O–H groups in total. The van der Waals surface area contributed by atoms with Gasteiger partial charge in [-0.15, -0.1) is 0 Å². The van der Waals surface area contributed by atoms with Gasteiger partial charge in [-0.1, -0.05) is 6.07 Å². The molecule has 10 heteroatoms. The fraction of sp³-hybridized carbons (Fsp3) is 0.429. The Morgan fingerprint density at radius 2 is 2.21 bits per heavy atom. The highest BCUT2D eigenvalue weighted by molar-refractivity contribution is 5.42. The Hall–Kier alpha value is -2.35. The van der Waals surface area contributed by atoms with Crippen LogP contribution in [-0.2, 0) is 4.74 Å². The minimum Gasteiger partial charge on any atom is -0.400 e. The number of pyridine rings is 1. The van der Waals surface area contributed by atoms with E-state index >= 15 is 0 Å². The number of ether oxygens (including phenoxy) is 1. The van der Waals surface area contributed by atoms with Crippen LogP contribution in [0.15, 0.2) is 30.2 Å². The predicted molar refractivity (Wildman–Crippen MR) is 82.1 cm³/mol. The number of nitrogens with zero attached hydrogens (tertiary/aromatic N) is 3. The number of nitriles is 1. The second kappa shape index (κ2) is 8.49. The van der Waals surface area contributed by atoms with Gasteiger partial charge in [0.2, 0.25) is 0 Å². The summed E-state index contributed by atoms with van der Waals surface area (Å²) in [4.78, 5) is 3.96. The van der Waals surface area contributed by atoms with Crippen LogP contribution < -0.4 is 21.9 Å². The zero-order valence-electron chi connectivity index (χ0n) is 13.2. The number of hydrogen-bond acceptors (Lipinski definition) is 7. The van der Waals surface area contributed by atoms with Gasteiger partial charge in [0.05, 0.1) is 6.07 Å². The van der Waals surface area contributed by atoms with Gasteiger partial charge in [-0.05, 0) is 13.0 Å². The van der Waals surface area contributed by atoms with E-state index in [1.54, 1.807) is 14.0 Å². The molecule has 1 heterocycles. The van der Waals surface area contributed by atoms with Crippen molar-refractivity contribution in [3.05, 3.63) is 35.8 Å². The number of hydrogen-bond donors (Lipinski definition) is 3. The molecule has 132 valence electrons. The van der Waals surface area contributed by atoms with Crippen molar-refractivity contribution in [2.45, 2.75) is 25.2 Å². The maximum Gasteiger partial charge on any atom is 0.418 e. The molecule has 0 saturated carbocycles. The van der Waals surface area contributed by atoms with Gasteiger partial charge in [-0.25, -0.2) is 10.4 Å². The first-order chi connectivity index (χ1) is 11.2. The van der Waals surface area contributed by atoms with Crippen molar-refractivity contribution >= 4 is 5.82 Å². The van der Waals surface area contributed by atoms with Gasteiger partial charge < -0.3 is 16.2 Å². The number of nitrogens with one attached hydrogen (secondary N) is 1. The van der Waals surface area contributed by atoms with Crippen molar-refractivity contribution in [2.24, 2.45) is 11.5 Å². The normalized spacial score (nSPS) is 14.8. The highest BCUT2D eigenvalue weighted by Crippen LogP contribution is 2.35. The van der Waals surface area contributed by atoms with Crippen molar-refractivity contribution < 1.29 is 17.9 Å². The lowest BCUT2D eigenvalue weighted by Gasteiger charge is -2.22. The van der Waals surface area contributed by atoms with Gasteiger partial charge in [0.1, 0.15) is 12.4 Å². The molecule has 0 aliphatic heterocycles. The third-order valence-corrected chi connectivity index (χ3v) is 2.98. The molecule has 7 nitrogen and oxygen atoms in total. The zero-order valence-corrected chi connectivity index (χ0v) is 13.2. The van der Waals surface area contributed by atoms with Crippen molar-refractivity contribution in [2.75, 3.05) is 18.7 Å². The Labute approximate surface area is 137 Å². The molecule has 24 heavy (non-hydrogen) atoms. The molecule has 0 fully saturated rings. The summed E-state index contributed by atoms with van der Waals surface area (Å²) in [6.07, 6.45) is -4.35. The van der Waals surface area contributed by atoms with Gasteiger partial charge in [-0.3, -0.25) is 5.01 Å². The highest BCUT2D eigenvalue weighted by atomic mass is 19.4. The summed E-state index contributed by atoms with van der Waals surface area (Å²) in [5.41, 5.74) is 14.3. The third-order valence-electron chi connectivity index (χ3n) is 2.98. The second-order valence-electron chi connectivity index (χ2n) is 4.85. The standard InChI is InChI=1S/C14H19F3N6O/c1-9(19)11(20)8-23(21-2)12-4-3-10(7-22-12)13(14(15,16)17)24-6-5-18/h3-4,7-9,13,21H,6,19-20H2,1-2H3/b11-8+/t9-,13?/m0/s1. The first kappa shape index (κ1) is 19.7. The van der Waals surface area contributed by atoms with Crippen LogP contribution in [0.4, 0.5) is 19.0 Å². The van der Waals surface area contributed by atoms with Crippen LogP contribution in [0.1, 0.15) is 18.6 Å². The zero-order chi connectivity index (χ0) is 18.3. The van der Waals surface area contributed by atoms with Crippen molar-refractivity contribution in [3.63, 3.8) is 0 Å². The van der Waals surface area contributed by atoms with Crippen LogP contribution in [0.25, 0.3) is 0 Å². The topological polar surface area (TPSA) is 113 Å². The van der Waals surface area contributed by atoms with Gasteiger partial charge >= 0.3 is 6.18 Å². The number of rotatable bonds is 7. The number of nitrogens with two attached hydrogens (primary N) is 2. The lowest BCUT2D eigenvalue weighted by Crippen LogP contribution is -2.34. The quantitative estimate of drug-likeness (QED) is 0.639. The largest absolute Gasteiger partial charge is 0.418 e. The van der Waals surface area contributed by atoms with Crippen LogP contribution in [-0.4, -0.2) is 30.9 Å². The summed E-state index contributed by atoms with van der Waals surface area (Å²) in [7, 11) is 1.59. The summed E-state index contributed by atoms with van der Waals surface area (Å²) in [5, 5.41) is 9.82. The van der Waals surface area contributed by atoms with Crippen LogP contribution in [0.5, 0.6) is 0 Å². The van der Waals surface area contributed by atoms with E-state index in [0.29, 0.717) is 11.5 Å². The summed E-state index contributed by atoms with van der Waals surface area (Å²) in [6.45, 7) is 1.01. The van der Waals surface area contributed by atoms with Gasteiger partial charge in [0.15, 0.2) is 6.10 Å². The van der Waals surface area contributed by atoms with Crippen molar-refractivity contribution in [1.29, 1.82) is 5.26 Å². The first-order valence-corrected chi connectivity index (χ1v) is 6.91. The highest BCUT2D eigenvalue weighted by Gasteiger charge is 2.42. The lowest BCUT2D eigenvalue weighted by molar-refractivity contribution is -0.220. The number of halogens is 3. The summed E-state index contributed by atoms with van der Waals surface area (Å²) in [6, 6.07) is 3.71. The van der Waals surface area contributed by atoms with Crippen LogP contribution in [0.2, 0.25) is 0 Å². The number of alkyl halides is 3. The van der Waals surface area contributed by atoms with Gasteiger partial charge in [0, 0.05) is 36.7 Å². The molecule has 0 bridgehead atoms. The minimum absolute atomic E-state index is 0.207. The average Bonchev–Trinajstić information content (AvgIpc) is 2.52. The number of anilines is 1. The molecule has 0 aromatic carbocycles. The third kappa shape index (κ3) is 5.38. The van der Waals surface area contributed by atoms with Crippen molar-refractivity contribution in [3.8, 4) is 6.07 Å². The Balaban J connectivity index is 3.05. The van der Waals surface area contributed by atoms with E-state index in [-0.39, 0.29) is 5.56 Å². The maximum absolute atomic E-state index is 13.0. The summed E-state index contributed by atoms with van der Waals surface area (Å²) >= 11 is 0. The fourth-order valence-corrected chi connectivity index (χ4v) is 1.71. The number of hydrazine groups is 1. The van der Waals surface area contributed by atoms with E-state index in [9.17, 15) is 13.2 Å². The monoisotopic (exact) mass is 344 g/mol. The minimum atomic E-state index is -4.65. The molecule has 0 aliphatic carbocycles. The molecule has 0 spiro atoms. The Morgan fingerprint density at radius 1 is 1.54 bits per heavy atom. The summed E-state index contributed by atoms with van der Waals surface area (Å²) < 4.78 is 43.5. The molecule has 1 rings (SSSR count). The average molecular weight is 344 g/mol. The molecule has 1 aromatic heterocycles. The van der Waals surface area contributed by atoms with E-state index in [2.05, 4.69) is 15.1 Å². The first-order valence-electron chi connectivity index (χ1n) is 6.91. The van der Waals surface area contributed by atoms with Gasteiger partial charge in [-0.2, -0.15) is 18.4 Å². The van der Waals surface area contributed by atoms with Crippen LogP contribution in [0.3, 0.4) is 0 Å².